The lowest BCUT2D eigenvalue weighted by Gasteiger charge is -2.32. The van der Waals surface area contributed by atoms with Crippen LogP contribution in [0.5, 0.6) is 0 Å². The molecule has 3 aromatic carbocycles. The van der Waals surface area contributed by atoms with Crippen molar-refractivity contribution in [2.75, 3.05) is 6.54 Å². The lowest BCUT2D eigenvalue weighted by molar-refractivity contribution is -0.126. The van der Waals surface area contributed by atoms with Crippen LogP contribution in [0.25, 0.3) is 11.1 Å². The van der Waals surface area contributed by atoms with E-state index >= 15 is 0 Å². The Morgan fingerprint density at radius 2 is 1.46 bits per heavy atom. The average molecular weight is 647 g/mol. The molecule has 0 heterocycles. The molecule has 1 saturated carbocycles. The molecule has 256 valence electrons. The van der Waals surface area contributed by atoms with E-state index in [2.05, 4.69) is 112 Å². The van der Waals surface area contributed by atoms with Gasteiger partial charge in [-0.25, -0.2) is 0 Å². The van der Waals surface area contributed by atoms with Crippen LogP contribution in [-0.4, -0.2) is 24.4 Å². The minimum absolute atomic E-state index is 0.00171. The summed E-state index contributed by atoms with van der Waals surface area (Å²) in [4.78, 5) is 26.5. The Morgan fingerprint density at radius 3 is 2.06 bits per heavy atom. The van der Waals surface area contributed by atoms with E-state index < -0.39 is 5.41 Å². The lowest BCUT2D eigenvalue weighted by Crippen LogP contribution is -2.46. The number of hydrogen-bond donors (Lipinski definition) is 2. The van der Waals surface area contributed by atoms with Gasteiger partial charge in [0.15, 0.2) is 0 Å². The summed E-state index contributed by atoms with van der Waals surface area (Å²) in [6.07, 6.45) is 10.5. The summed E-state index contributed by atoms with van der Waals surface area (Å²) in [5, 5.41) is 6.49. The molecule has 0 aliphatic heterocycles. The third-order valence-electron chi connectivity index (χ3n) is 8.61. The van der Waals surface area contributed by atoms with Crippen LogP contribution in [0.15, 0.2) is 90.5 Å². The maximum Gasteiger partial charge on any atom is 0.235 e. The molecule has 0 spiro atoms. The van der Waals surface area contributed by atoms with Crippen molar-refractivity contribution in [3.8, 4) is 23.0 Å². The number of allylic oxidation sites excluding steroid dienone is 1. The van der Waals surface area contributed by atoms with E-state index in [4.69, 9.17) is 0 Å². The van der Waals surface area contributed by atoms with Gasteiger partial charge in [0.05, 0.1) is 6.42 Å². The largest absolute Gasteiger partial charge is 0.355 e. The highest BCUT2D eigenvalue weighted by molar-refractivity contribution is 6.00. The average Bonchev–Trinajstić information content (AvgIpc) is 3.65. The molecule has 2 aliphatic rings. The van der Waals surface area contributed by atoms with Crippen molar-refractivity contribution in [2.45, 2.75) is 118 Å². The zero-order valence-corrected chi connectivity index (χ0v) is 30.5. The second-order valence-corrected chi connectivity index (χ2v) is 13.9. The number of carbonyl (C=O) groups is 2. The predicted molar refractivity (Wildman–Crippen MR) is 203 cm³/mol. The van der Waals surface area contributed by atoms with Gasteiger partial charge in [0.2, 0.25) is 11.8 Å². The number of amides is 2. The van der Waals surface area contributed by atoms with Gasteiger partial charge >= 0.3 is 0 Å². The molecule has 2 N–H and O–H groups in total. The van der Waals surface area contributed by atoms with Crippen LogP contribution in [0, 0.1) is 17.3 Å². The van der Waals surface area contributed by atoms with Gasteiger partial charge in [0, 0.05) is 18.2 Å². The molecule has 0 radical (unpaired) electrons. The van der Waals surface area contributed by atoms with E-state index in [1.165, 1.54) is 23.1 Å². The monoisotopic (exact) mass is 646 g/mol. The molecule has 4 heteroatoms. The van der Waals surface area contributed by atoms with Gasteiger partial charge in [-0.1, -0.05) is 152 Å². The van der Waals surface area contributed by atoms with Crippen LogP contribution >= 0.6 is 0 Å². The molecule has 4 nitrogen and oxygen atoms in total. The Hall–Kier alpha value is -4.10. The number of nitrogens with one attached hydrogen (secondary N) is 2. The number of hydrogen-bond acceptors (Lipinski definition) is 2. The summed E-state index contributed by atoms with van der Waals surface area (Å²) in [6.45, 7) is 15.4. The third-order valence-corrected chi connectivity index (χ3v) is 8.61. The van der Waals surface area contributed by atoms with Crippen molar-refractivity contribution in [1.82, 2.24) is 10.6 Å². The van der Waals surface area contributed by atoms with Crippen LogP contribution in [0.3, 0.4) is 0 Å². The van der Waals surface area contributed by atoms with Gasteiger partial charge in [-0.05, 0) is 78.3 Å². The highest BCUT2D eigenvalue weighted by atomic mass is 16.2. The minimum Gasteiger partial charge on any atom is -0.355 e. The molecule has 2 amide bonds. The summed E-state index contributed by atoms with van der Waals surface area (Å²) in [5.74, 6) is 6.16. The highest BCUT2D eigenvalue weighted by Gasteiger charge is 2.48. The summed E-state index contributed by atoms with van der Waals surface area (Å²) < 4.78 is 0. The van der Waals surface area contributed by atoms with Crippen molar-refractivity contribution in [2.24, 2.45) is 5.41 Å². The Morgan fingerprint density at radius 1 is 0.875 bits per heavy atom. The van der Waals surface area contributed by atoms with Crippen molar-refractivity contribution in [3.63, 3.8) is 0 Å². The van der Waals surface area contributed by atoms with E-state index in [1.54, 1.807) is 0 Å². The topological polar surface area (TPSA) is 58.2 Å². The smallest absolute Gasteiger partial charge is 0.235 e. The first-order chi connectivity index (χ1) is 23.2. The van der Waals surface area contributed by atoms with Crippen LogP contribution in [0.2, 0.25) is 0 Å². The van der Waals surface area contributed by atoms with Crippen molar-refractivity contribution >= 4 is 11.8 Å². The van der Waals surface area contributed by atoms with Crippen LogP contribution in [-0.2, 0) is 15.0 Å². The standard InChI is InChI=1S/C39H44N2O2.C3H8.C2H6/c1-38(2,3)28-40-37(43)39(34-21-11-9-19-32(34)33-20-10-12-22-35(33)39)26-13-5-8-17-30-24-25-31(27-30)41-36(42)23-14-18-29-15-6-4-7-16-29;1-3-2;1-2/h4,6-7,9-12,15-17,19-22,31H,5,8,13,23-28H2,1-3H3,(H,40,43)(H,41,42);3H2,1-2H3;1-2H3. The number of unbranched alkanes of at least 4 members (excludes halogenated alkanes) is 2. The van der Waals surface area contributed by atoms with Crippen LogP contribution in [0.1, 0.15) is 123 Å². The molecule has 0 saturated heterocycles. The molecule has 1 fully saturated rings. The van der Waals surface area contributed by atoms with Gasteiger partial charge in [-0.3, -0.25) is 9.59 Å². The van der Waals surface area contributed by atoms with Crippen molar-refractivity contribution in [1.29, 1.82) is 0 Å². The molecule has 1 unspecified atom stereocenters. The van der Waals surface area contributed by atoms with E-state index in [0.29, 0.717) is 6.54 Å². The fraction of sp³-hybridized carbons (Fsp3) is 0.455. The summed E-state index contributed by atoms with van der Waals surface area (Å²) in [5.41, 5.74) is 6.31. The van der Waals surface area contributed by atoms with Gasteiger partial charge in [0.1, 0.15) is 5.41 Å². The maximum atomic E-state index is 14.1. The maximum absolute atomic E-state index is 14.1. The fourth-order valence-electron chi connectivity index (χ4n) is 6.51. The molecule has 0 aromatic heterocycles. The summed E-state index contributed by atoms with van der Waals surface area (Å²) in [6, 6.07) is 26.8. The van der Waals surface area contributed by atoms with Gasteiger partial charge in [0.25, 0.3) is 0 Å². The van der Waals surface area contributed by atoms with E-state index in [0.717, 1.165) is 61.6 Å². The Balaban J connectivity index is 0.00000118. The molecular formula is C44H58N2O2. The normalized spacial score (nSPS) is 16.1. The molecule has 1 atom stereocenters. The van der Waals surface area contributed by atoms with Crippen LogP contribution in [0.4, 0.5) is 0 Å². The molecule has 0 bridgehead atoms. The minimum atomic E-state index is -0.669. The Bertz CT molecular complexity index is 1510. The van der Waals surface area contributed by atoms with Crippen molar-refractivity contribution < 1.29 is 9.59 Å². The van der Waals surface area contributed by atoms with E-state index in [1.807, 2.05) is 44.2 Å². The zero-order chi connectivity index (χ0) is 35.0. The quantitative estimate of drug-likeness (QED) is 0.138. The number of carbonyl (C=O) groups excluding carboxylic acids is 2. The van der Waals surface area contributed by atoms with Crippen LogP contribution < -0.4 is 10.6 Å². The van der Waals surface area contributed by atoms with Gasteiger partial charge in [-0.15, -0.1) is 0 Å². The fourth-order valence-corrected chi connectivity index (χ4v) is 6.51. The SMILES string of the molecule is CC.CC(C)(C)CNC(=O)C1(CCCCC=C2CCC(NC(=O)CC#Cc3ccccc3)C2)c2ccccc2-c2ccccc21.CCC. The second-order valence-electron chi connectivity index (χ2n) is 13.9. The van der Waals surface area contributed by atoms with Gasteiger partial charge < -0.3 is 10.6 Å². The molecule has 3 aromatic rings. The number of fused-ring (bicyclic) bond motifs is 3. The summed E-state index contributed by atoms with van der Waals surface area (Å²) in [7, 11) is 0. The van der Waals surface area contributed by atoms with Crippen molar-refractivity contribution in [3.05, 3.63) is 107 Å². The van der Waals surface area contributed by atoms with E-state index in [-0.39, 0.29) is 29.7 Å². The number of benzene rings is 3. The Labute approximate surface area is 291 Å². The highest BCUT2D eigenvalue weighted by Crippen LogP contribution is 2.51. The van der Waals surface area contributed by atoms with E-state index in [9.17, 15) is 9.59 Å². The first-order valence-electron chi connectivity index (χ1n) is 18.2. The predicted octanol–water partition coefficient (Wildman–Crippen LogP) is 10.2. The summed E-state index contributed by atoms with van der Waals surface area (Å²) >= 11 is 0. The number of rotatable bonds is 9. The molecule has 2 aliphatic carbocycles. The Kier molecular flexibility index (Phi) is 15.2. The third kappa shape index (κ3) is 10.4. The molecule has 5 rings (SSSR count). The first kappa shape index (κ1) is 38.3. The molecular weight excluding hydrogens is 588 g/mol. The molecule has 48 heavy (non-hydrogen) atoms. The second kappa shape index (κ2) is 19.0. The zero-order valence-electron chi connectivity index (χ0n) is 30.5. The lowest BCUT2D eigenvalue weighted by atomic mass is 9.73. The first-order valence-corrected chi connectivity index (χ1v) is 18.2. The van der Waals surface area contributed by atoms with Gasteiger partial charge in [-0.2, -0.15) is 0 Å².